The molecule has 0 aliphatic rings. The highest BCUT2D eigenvalue weighted by molar-refractivity contribution is 5.86. The molecular weight excluding hydrogens is 555 g/mol. The summed E-state index contributed by atoms with van der Waals surface area (Å²) in [6, 6.07) is 16.7. The molecule has 212 valence electrons. The lowest BCUT2D eigenvalue weighted by molar-refractivity contribution is -0.274. The number of rotatable bonds is 7. The van der Waals surface area contributed by atoms with E-state index in [1.54, 1.807) is 24.3 Å². The number of halogens is 7. The minimum atomic E-state index is -5.08. The van der Waals surface area contributed by atoms with Crippen molar-refractivity contribution in [2.45, 2.75) is 25.1 Å². The van der Waals surface area contributed by atoms with Gasteiger partial charge < -0.3 is 24.9 Å². The van der Waals surface area contributed by atoms with E-state index in [1.165, 1.54) is 42.5 Å². The predicted molar refractivity (Wildman–Crippen MR) is 125 cm³/mol. The number of carboxylic acid groups (broad SMARTS) is 1. The summed E-state index contributed by atoms with van der Waals surface area (Å²) in [5.41, 5.74) is 1.59. The fourth-order valence-corrected chi connectivity index (χ4v) is 3.17. The fraction of sp³-hybridized carbons (Fsp3) is 0.160. The fourth-order valence-electron chi connectivity index (χ4n) is 3.17. The Morgan fingerprint density at radius 1 is 0.925 bits per heavy atom. The SMILES string of the molecule is O=C(NCc1ccccc1OC(F)(F)F)C(Nc1nc2ccccc2o1)c1ccc(F)cc1.O=C(O)C(F)(F)F. The molecular formula is C25H18F7N3O5. The van der Waals surface area contributed by atoms with Crippen molar-refractivity contribution >= 4 is 29.0 Å². The van der Waals surface area contributed by atoms with Crippen molar-refractivity contribution in [1.29, 1.82) is 0 Å². The van der Waals surface area contributed by atoms with Crippen molar-refractivity contribution in [3.63, 3.8) is 0 Å². The highest BCUT2D eigenvalue weighted by Gasteiger charge is 2.38. The van der Waals surface area contributed by atoms with E-state index >= 15 is 0 Å². The third kappa shape index (κ3) is 8.61. The molecule has 3 aromatic carbocycles. The number of oxazole rings is 1. The molecule has 3 N–H and O–H groups in total. The van der Waals surface area contributed by atoms with Gasteiger partial charge in [0.25, 0.3) is 6.01 Å². The number of nitrogens with one attached hydrogen (secondary N) is 2. The van der Waals surface area contributed by atoms with Gasteiger partial charge in [0.2, 0.25) is 5.91 Å². The summed E-state index contributed by atoms with van der Waals surface area (Å²) in [7, 11) is 0. The molecule has 1 heterocycles. The Labute approximate surface area is 220 Å². The van der Waals surface area contributed by atoms with Crippen LogP contribution in [0.4, 0.5) is 36.7 Å². The highest BCUT2D eigenvalue weighted by atomic mass is 19.4. The molecule has 8 nitrogen and oxygen atoms in total. The molecule has 0 aliphatic heterocycles. The maximum atomic E-state index is 13.4. The average molecular weight is 573 g/mol. The average Bonchev–Trinajstić information content (AvgIpc) is 3.29. The Balaban J connectivity index is 0.000000559. The standard InChI is InChI=1S/C23H17F4N3O3.C2HF3O2/c24-16-11-9-14(10-12-16)20(30-22-29-17-6-2-4-8-19(17)32-22)21(31)28-13-15-5-1-3-7-18(15)33-23(25,26)27;3-2(4,5)1(6)7/h1-12,20H,13H2,(H,28,31)(H,29,30);(H,6,7). The molecule has 0 bridgehead atoms. The molecule has 0 saturated heterocycles. The van der Waals surface area contributed by atoms with Gasteiger partial charge in [0.15, 0.2) is 5.58 Å². The quantitative estimate of drug-likeness (QED) is 0.234. The largest absolute Gasteiger partial charge is 0.573 e. The molecule has 15 heteroatoms. The van der Waals surface area contributed by atoms with Gasteiger partial charge in [-0.15, -0.1) is 13.2 Å². The van der Waals surface area contributed by atoms with E-state index in [0.29, 0.717) is 16.7 Å². The zero-order chi connectivity index (χ0) is 29.5. The topological polar surface area (TPSA) is 114 Å². The number of aromatic nitrogens is 1. The van der Waals surface area contributed by atoms with Crippen molar-refractivity contribution in [3.8, 4) is 5.75 Å². The maximum Gasteiger partial charge on any atom is 0.573 e. The second-order valence-electron chi connectivity index (χ2n) is 7.79. The monoisotopic (exact) mass is 573 g/mol. The van der Waals surface area contributed by atoms with Crippen LogP contribution < -0.4 is 15.4 Å². The normalized spacial score (nSPS) is 12.2. The zero-order valence-corrected chi connectivity index (χ0v) is 19.9. The Morgan fingerprint density at radius 3 is 2.12 bits per heavy atom. The number of hydrogen-bond acceptors (Lipinski definition) is 6. The van der Waals surface area contributed by atoms with Crippen molar-refractivity contribution in [3.05, 3.63) is 89.7 Å². The van der Waals surface area contributed by atoms with E-state index in [-0.39, 0.29) is 18.1 Å². The first-order valence-corrected chi connectivity index (χ1v) is 11.0. The van der Waals surface area contributed by atoms with Crippen LogP contribution in [0, 0.1) is 5.82 Å². The van der Waals surface area contributed by atoms with Crippen LogP contribution in [0.25, 0.3) is 11.1 Å². The molecule has 40 heavy (non-hydrogen) atoms. The van der Waals surface area contributed by atoms with Gasteiger partial charge in [-0.05, 0) is 35.9 Å². The number of anilines is 1. The van der Waals surface area contributed by atoms with Crippen molar-refractivity contribution in [2.24, 2.45) is 0 Å². The van der Waals surface area contributed by atoms with Gasteiger partial charge in [-0.3, -0.25) is 4.79 Å². The van der Waals surface area contributed by atoms with Gasteiger partial charge in [-0.2, -0.15) is 18.2 Å². The first-order valence-electron chi connectivity index (χ1n) is 11.0. The molecule has 0 fully saturated rings. The van der Waals surface area contributed by atoms with Crippen LogP contribution in [0.2, 0.25) is 0 Å². The molecule has 0 spiro atoms. The second kappa shape index (κ2) is 12.4. The molecule has 1 unspecified atom stereocenters. The molecule has 0 saturated carbocycles. The number of alkyl halides is 6. The number of benzene rings is 3. The Morgan fingerprint density at radius 2 is 1.52 bits per heavy atom. The number of hydrogen-bond donors (Lipinski definition) is 3. The molecule has 0 radical (unpaired) electrons. The Kier molecular flexibility index (Phi) is 9.19. The lowest BCUT2D eigenvalue weighted by Gasteiger charge is -2.19. The van der Waals surface area contributed by atoms with Gasteiger partial charge >= 0.3 is 18.5 Å². The van der Waals surface area contributed by atoms with Crippen LogP contribution in [-0.2, 0) is 16.1 Å². The molecule has 4 rings (SSSR count). The van der Waals surface area contributed by atoms with E-state index in [4.69, 9.17) is 14.3 Å². The third-order valence-electron chi connectivity index (χ3n) is 4.92. The number of amides is 1. The lowest BCUT2D eigenvalue weighted by Crippen LogP contribution is -2.33. The Hall–Kier alpha value is -4.82. The molecule has 1 amide bonds. The third-order valence-corrected chi connectivity index (χ3v) is 4.92. The highest BCUT2D eigenvalue weighted by Crippen LogP contribution is 2.27. The van der Waals surface area contributed by atoms with E-state index in [2.05, 4.69) is 20.4 Å². The lowest BCUT2D eigenvalue weighted by atomic mass is 10.1. The van der Waals surface area contributed by atoms with Gasteiger partial charge in [-0.25, -0.2) is 9.18 Å². The van der Waals surface area contributed by atoms with Crippen molar-refractivity contribution in [2.75, 3.05) is 5.32 Å². The first kappa shape index (κ1) is 29.7. The molecule has 1 atom stereocenters. The number of ether oxygens (including phenoxy) is 1. The smallest absolute Gasteiger partial charge is 0.475 e. The van der Waals surface area contributed by atoms with Crippen LogP contribution in [0.5, 0.6) is 5.75 Å². The van der Waals surface area contributed by atoms with Gasteiger partial charge in [0.05, 0.1) is 0 Å². The summed E-state index contributed by atoms with van der Waals surface area (Å²) >= 11 is 0. The minimum Gasteiger partial charge on any atom is -0.475 e. The number of para-hydroxylation sites is 3. The van der Waals surface area contributed by atoms with Gasteiger partial charge in [0, 0.05) is 12.1 Å². The first-order chi connectivity index (χ1) is 18.7. The summed E-state index contributed by atoms with van der Waals surface area (Å²) in [5.74, 6) is -4.26. The number of aliphatic carboxylic acids is 1. The van der Waals surface area contributed by atoms with Crippen LogP contribution in [0.1, 0.15) is 17.2 Å². The van der Waals surface area contributed by atoms with E-state index in [9.17, 15) is 35.5 Å². The number of carbonyl (C=O) groups is 2. The minimum absolute atomic E-state index is 0.0569. The van der Waals surface area contributed by atoms with Crippen molar-refractivity contribution in [1.82, 2.24) is 10.3 Å². The van der Waals surface area contributed by atoms with Gasteiger partial charge in [0.1, 0.15) is 23.1 Å². The number of carbonyl (C=O) groups excluding carboxylic acids is 1. The van der Waals surface area contributed by atoms with Crippen LogP contribution in [0.3, 0.4) is 0 Å². The van der Waals surface area contributed by atoms with Crippen LogP contribution in [0.15, 0.2) is 77.2 Å². The Bertz CT molecular complexity index is 1420. The zero-order valence-electron chi connectivity index (χ0n) is 19.9. The van der Waals surface area contributed by atoms with Crippen LogP contribution in [-0.4, -0.2) is 34.5 Å². The van der Waals surface area contributed by atoms with E-state index < -0.39 is 42.0 Å². The molecule has 4 aromatic rings. The van der Waals surface area contributed by atoms with E-state index in [0.717, 1.165) is 6.07 Å². The summed E-state index contributed by atoms with van der Waals surface area (Å²) in [4.78, 5) is 26.2. The number of nitrogens with zero attached hydrogens (tertiary/aromatic N) is 1. The van der Waals surface area contributed by atoms with Gasteiger partial charge in [-0.1, -0.05) is 42.5 Å². The summed E-state index contributed by atoms with van der Waals surface area (Å²) in [6.45, 7) is -0.238. The second-order valence-corrected chi connectivity index (χ2v) is 7.79. The maximum absolute atomic E-state index is 13.4. The predicted octanol–water partition coefficient (Wildman–Crippen LogP) is 5.97. The number of fused-ring (bicyclic) bond motifs is 1. The van der Waals surface area contributed by atoms with Crippen molar-refractivity contribution < 1.29 is 54.6 Å². The summed E-state index contributed by atoms with van der Waals surface area (Å²) in [6.07, 6.45) is -9.95. The van der Waals surface area contributed by atoms with E-state index in [1.807, 2.05) is 0 Å². The molecule has 1 aromatic heterocycles. The summed E-state index contributed by atoms with van der Waals surface area (Å²) < 4.78 is 92.8. The summed E-state index contributed by atoms with van der Waals surface area (Å²) in [5, 5.41) is 12.6. The molecule has 0 aliphatic carbocycles. The van der Waals surface area contributed by atoms with Crippen LogP contribution >= 0.6 is 0 Å². The number of carboxylic acids is 1.